The van der Waals surface area contributed by atoms with Crippen molar-refractivity contribution in [1.82, 2.24) is 4.98 Å². The van der Waals surface area contributed by atoms with Gasteiger partial charge in [0.05, 0.1) is 6.61 Å². The Hall–Kier alpha value is -3.09. The number of alkyl halides is 3. The van der Waals surface area contributed by atoms with Gasteiger partial charge in [-0.05, 0) is 30.0 Å². The minimum Gasteiger partial charge on any atom is -0.483 e. The molecule has 1 aromatic heterocycles. The Morgan fingerprint density at radius 3 is 2.56 bits per heavy atom. The first-order valence-electron chi connectivity index (χ1n) is 8.24. The predicted molar refractivity (Wildman–Crippen MR) is 94.7 cm³/mol. The number of carbonyl (C=O) groups excluding carboxylic acids is 1. The molecular formula is C20H16F3NO3. The van der Waals surface area contributed by atoms with E-state index in [9.17, 15) is 18.0 Å². The van der Waals surface area contributed by atoms with Crippen LogP contribution in [0.25, 0.3) is 21.9 Å². The molecule has 0 bridgehead atoms. The number of para-hydroxylation sites is 1. The lowest BCUT2D eigenvalue weighted by molar-refractivity contribution is -0.153. The highest BCUT2D eigenvalue weighted by Gasteiger charge is 2.29. The van der Waals surface area contributed by atoms with Crippen LogP contribution in [-0.2, 0) is 4.74 Å². The van der Waals surface area contributed by atoms with Gasteiger partial charge in [-0.1, -0.05) is 36.4 Å². The van der Waals surface area contributed by atoms with Crippen LogP contribution in [-0.4, -0.2) is 30.3 Å². The molecule has 0 aliphatic carbocycles. The number of halogens is 3. The van der Waals surface area contributed by atoms with Crippen LogP contribution in [0.15, 0.2) is 54.7 Å². The molecule has 0 saturated carbocycles. The minimum absolute atomic E-state index is 0.108. The Kier molecular flexibility index (Phi) is 5.30. The van der Waals surface area contributed by atoms with E-state index in [1.165, 1.54) is 12.3 Å². The maximum Gasteiger partial charge on any atom is 0.422 e. The molecule has 3 rings (SSSR count). The Morgan fingerprint density at radius 2 is 1.81 bits per heavy atom. The van der Waals surface area contributed by atoms with Crippen molar-refractivity contribution in [1.29, 1.82) is 0 Å². The molecule has 0 fully saturated rings. The summed E-state index contributed by atoms with van der Waals surface area (Å²) in [5.41, 5.74) is 1.26. The summed E-state index contributed by atoms with van der Waals surface area (Å²) >= 11 is 0. The molecule has 0 atom stereocenters. The first-order chi connectivity index (χ1) is 12.9. The van der Waals surface area contributed by atoms with Crippen LogP contribution in [0.2, 0.25) is 0 Å². The lowest BCUT2D eigenvalue weighted by atomic mass is 9.98. The molecule has 2 aromatic carbocycles. The highest BCUT2D eigenvalue weighted by atomic mass is 19.4. The number of carbonyl (C=O) groups is 1. The summed E-state index contributed by atoms with van der Waals surface area (Å²) in [7, 11) is 0. The second-order valence-corrected chi connectivity index (χ2v) is 5.72. The van der Waals surface area contributed by atoms with Crippen molar-refractivity contribution >= 4 is 16.7 Å². The van der Waals surface area contributed by atoms with Gasteiger partial charge in [0, 0.05) is 17.1 Å². The molecular weight excluding hydrogens is 359 g/mol. The van der Waals surface area contributed by atoms with Crippen LogP contribution in [0.5, 0.6) is 5.75 Å². The quantitative estimate of drug-likeness (QED) is 0.588. The highest BCUT2D eigenvalue weighted by molar-refractivity contribution is 6.01. The van der Waals surface area contributed by atoms with Crippen LogP contribution in [0.3, 0.4) is 0 Å². The smallest absolute Gasteiger partial charge is 0.422 e. The van der Waals surface area contributed by atoms with Crippen molar-refractivity contribution in [2.45, 2.75) is 13.1 Å². The molecule has 0 aliphatic rings. The van der Waals surface area contributed by atoms with Crippen molar-refractivity contribution in [3.05, 3.63) is 60.4 Å². The second-order valence-electron chi connectivity index (χ2n) is 5.72. The molecule has 3 aromatic rings. The van der Waals surface area contributed by atoms with Gasteiger partial charge in [-0.3, -0.25) is 0 Å². The number of benzene rings is 2. The Balaban J connectivity index is 2.09. The fraction of sp³-hybridized carbons (Fsp3) is 0.200. The van der Waals surface area contributed by atoms with E-state index in [-0.39, 0.29) is 18.1 Å². The number of hydrogen-bond acceptors (Lipinski definition) is 4. The van der Waals surface area contributed by atoms with E-state index >= 15 is 0 Å². The SMILES string of the molecule is CCOC(=O)c1cc2c(-c3ccccc3OCC(F)(F)F)cccc2cn1. The van der Waals surface area contributed by atoms with Gasteiger partial charge in [0.1, 0.15) is 11.4 Å². The van der Waals surface area contributed by atoms with Crippen LogP contribution in [0, 0.1) is 0 Å². The summed E-state index contributed by atoms with van der Waals surface area (Å²) in [5.74, 6) is -0.451. The maximum absolute atomic E-state index is 12.6. The number of fused-ring (bicyclic) bond motifs is 1. The fourth-order valence-corrected chi connectivity index (χ4v) is 2.70. The average molecular weight is 375 g/mol. The molecule has 7 heteroatoms. The standard InChI is InChI=1S/C20H16F3NO3/c1-2-26-19(25)17-10-16-13(11-24-17)6-5-8-14(16)15-7-3-4-9-18(15)27-12-20(21,22)23/h3-11H,2,12H2,1H3. The monoisotopic (exact) mass is 375 g/mol. The van der Waals surface area contributed by atoms with Crippen molar-refractivity contribution in [2.75, 3.05) is 13.2 Å². The summed E-state index contributed by atoms with van der Waals surface area (Å²) in [4.78, 5) is 16.1. The molecule has 0 amide bonds. The zero-order valence-electron chi connectivity index (χ0n) is 14.4. The minimum atomic E-state index is -4.44. The summed E-state index contributed by atoms with van der Waals surface area (Å²) in [5, 5.41) is 1.41. The molecule has 0 aliphatic heterocycles. The number of esters is 1. The molecule has 27 heavy (non-hydrogen) atoms. The Labute approximate surface area is 153 Å². The molecule has 0 radical (unpaired) electrons. The average Bonchev–Trinajstić information content (AvgIpc) is 2.65. The van der Waals surface area contributed by atoms with Crippen molar-refractivity contribution < 1.29 is 27.4 Å². The van der Waals surface area contributed by atoms with Crippen LogP contribution in [0.1, 0.15) is 17.4 Å². The van der Waals surface area contributed by atoms with Crippen LogP contribution < -0.4 is 4.74 Å². The summed E-state index contributed by atoms with van der Waals surface area (Å²) in [6, 6.07) is 13.4. The first kappa shape index (κ1) is 18.7. The third kappa shape index (κ3) is 4.36. The lowest BCUT2D eigenvalue weighted by Crippen LogP contribution is -2.19. The van der Waals surface area contributed by atoms with Gasteiger partial charge in [0.2, 0.25) is 0 Å². The number of aromatic nitrogens is 1. The van der Waals surface area contributed by atoms with Gasteiger partial charge in [0.15, 0.2) is 6.61 Å². The van der Waals surface area contributed by atoms with Crippen molar-refractivity contribution in [2.24, 2.45) is 0 Å². The van der Waals surface area contributed by atoms with Gasteiger partial charge < -0.3 is 9.47 Å². The van der Waals surface area contributed by atoms with Crippen LogP contribution in [0.4, 0.5) is 13.2 Å². The number of hydrogen-bond donors (Lipinski definition) is 0. The highest BCUT2D eigenvalue weighted by Crippen LogP contribution is 2.35. The molecule has 0 unspecified atom stereocenters. The van der Waals surface area contributed by atoms with E-state index in [2.05, 4.69) is 4.98 Å². The maximum atomic E-state index is 12.6. The topological polar surface area (TPSA) is 48.4 Å². The fourth-order valence-electron chi connectivity index (χ4n) is 2.70. The van der Waals surface area contributed by atoms with E-state index in [1.54, 1.807) is 49.4 Å². The van der Waals surface area contributed by atoms with Gasteiger partial charge in [-0.25, -0.2) is 9.78 Å². The van der Waals surface area contributed by atoms with E-state index < -0.39 is 18.8 Å². The Bertz CT molecular complexity index is 970. The molecule has 1 heterocycles. The van der Waals surface area contributed by atoms with Gasteiger partial charge in [-0.2, -0.15) is 13.2 Å². The number of ether oxygens (including phenoxy) is 2. The van der Waals surface area contributed by atoms with E-state index in [0.29, 0.717) is 16.5 Å². The molecule has 140 valence electrons. The zero-order valence-corrected chi connectivity index (χ0v) is 14.4. The second kappa shape index (κ2) is 7.65. The third-order valence-corrected chi connectivity index (χ3v) is 3.82. The molecule has 0 N–H and O–H groups in total. The summed E-state index contributed by atoms with van der Waals surface area (Å²) in [6.45, 7) is 0.525. The van der Waals surface area contributed by atoms with Crippen LogP contribution >= 0.6 is 0 Å². The van der Waals surface area contributed by atoms with Crippen molar-refractivity contribution in [3.8, 4) is 16.9 Å². The zero-order chi connectivity index (χ0) is 19.4. The number of rotatable bonds is 5. The molecule has 0 spiro atoms. The number of nitrogens with zero attached hydrogens (tertiary/aromatic N) is 1. The first-order valence-corrected chi connectivity index (χ1v) is 8.24. The van der Waals surface area contributed by atoms with Crippen molar-refractivity contribution in [3.63, 3.8) is 0 Å². The van der Waals surface area contributed by atoms with Gasteiger partial charge in [0.25, 0.3) is 0 Å². The van der Waals surface area contributed by atoms with E-state index in [0.717, 1.165) is 5.39 Å². The Morgan fingerprint density at radius 1 is 1.07 bits per heavy atom. The lowest BCUT2D eigenvalue weighted by Gasteiger charge is -2.15. The van der Waals surface area contributed by atoms with Gasteiger partial charge in [-0.15, -0.1) is 0 Å². The predicted octanol–water partition coefficient (Wildman–Crippen LogP) is 5.02. The summed E-state index contributed by atoms with van der Waals surface area (Å²) < 4.78 is 47.6. The van der Waals surface area contributed by atoms with Gasteiger partial charge >= 0.3 is 12.1 Å². The van der Waals surface area contributed by atoms with E-state index in [4.69, 9.17) is 9.47 Å². The third-order valence-electron chi connectivity index (χ3n) is 3.82. The molecule has 0 saturated heterocycles. The molecule has 4 nitrogen and oxygen atoms in total. The summed E-state index contributed by atoms with van der Waals surface area (Å²) in [6.07, 6.45) is -2.91. The normalized spacial score (nSPS) is 11.4. The number of pyridine rings is 1. The largest absolute Gasteiger partial charge is 0.483 e. The van der Waals surface area contributed by atoms with E-state index in [1.807, 2.05) is 0 Å².